The minimum Gasteiger partial charge on any atom is -0.436 e. The highest BCUT2D eigenvalue weighted by Crippen LogP contribution is 2.19. The summed E-state index contributed by atoms with van der Waals surface area (Å²) in [4.78, 5) is 15.3. The summed E-state index contributed by atoms with van der Waals surface area (Å²) in [6, 6.07) is 22.2. The highest BCUT2D eigenvalue weighted by atomic mass is 32.2. The Kier molecular flexibility index (Phi) is 5.79. The minimum absolute atomic E-state index is 0.0472. The Morgan fingerprint density at radius 3 is 2.41 bits per heavy atom. The number of rotatable bonds is 5. The van der Waals surface area contributed by atoms with Gasteiger partial charge < -0.3 is 9.73 Å². The van der Waals surface area contributed by atoms with E-state index >= 15 is 0 Å². The molecule has 4 aromatic rings. The van der Waals surface area contributed by atoms with E-state index < -0.39 is 15.9 Å². The maximum atomic E-state index is 13.1. The summed E-state index contributed by atoms with van der Waals surface area (Å²) >= 11 is 0. The number of para-hydroxylation sites is 1. The normalized spacial score (nSPS) is 12.0. The van der Waals surface area contributed by atoms with Gasteiger partial charge in [0.15, 0.2) is 0 Å². The Balaban J connectivity index is 1.78. The third-order valence-corrected chi connectivity index (χ3v) is 6.30. The van der Waals surface area contributed by atoms with Crippen molar-refractivity contribution in [3.05, 3.63) is 101 Å². The van der Waals surface area contributed by atoms with Crippen molar-refractivity contribution >= 4 is 32.6 Å². The first-order chi connectivity index (χ1) is 15.3. The van der Waals surface area contributed by atoms with Gasteiger partial charge in [0.05, 0.1) is 4.90 Å². The number of hydrogen-bond donors (Lipinski definition) is 2. The van der Waals surface area contributed by atoms with Crippen molar-refractivity contribution in [2.45, 2.75) is 18.7 Å². The van der Waals surface area contributed by atoms with Gasteiger partial charge in [-0.2, -0.15) is 13.2 Å². The zero-order valence-corrected chi connectivity index (χ0v) is 18.3. The standard InChI is InChI=1S/C24H21N3O4S/c1-16-9-8-13-21(17(16)2)25-23(28)20-15-18-10-6-7-14-22(18)31-24(20)26-27-32(29,30)19-11-4-3-5-12-19/h3-15,27H,1-2H3,(H,25,28). The lowest BCUT2D eigenvalue weighted by Gasteiger charge is -2.11. The van der Waals surface area contributed by atoms with Crippen LogP contribution in [0.4, 0.5) is 5.69 Å². The first-order valence-electron chi connectivity index (χ1n) is 9.86. The number of benzene rings is 3. The van der Waals surface area contributed by atoms with E-state index in [4.69, 9.17) is 4.42 Å². The molecule has 0 spiro atoms. The fraction of sp³-hybridized carbons (Fsp3) is 0.0833. The van der Waals surface area contributed by atoms with E-state index in [1.807, 2.05) is 32.0 Å². The Morgan fingerprint density at radius 2 is 1.62 bits per heavy atom. The molecule has 4 rings (SSSR count). The average Bonchev–Trinajstić information content (AvgIpc) is 2.80. The van der Waals surface area contributed by atoms with Gasteiger partial charge in [-0.25, -0.2) is 0 Å². The number of anilines is 1. The van der Waals surface area contributed by atoms with Crippen molar-refractivity contribution < 1.29 is 17.6 Å². The summed E-state index contributed by atoms with van der Waals surface area (Å²) in [5.41, 5.74) is 3.03. The number of aryl methyl sites for hydroxylation is 1. The molecule has 8 heteroatoms. The van der Waals surface area contributed by atoms with Crippen LogP contribution in [0.1, 0.15) is 21.5 Å². The van der Waals surface area contributed by atoms with Crippen LogP contribution in [-0.4, -0.2) is 14.3 Å². The molecule has 0 radical (unpaired) electrons. The minimum atomic E-state index is -3.93. The Morgan fingerprint density at radius 1 is 0.906 bits per heavy atom. The Hall–Kier alpha value is -3.91. The van der Waals surface area contributed by atoms with Gasteiger partial charge in [-0.05, 0) is 55.3 Å². The van der Waals surface area contributed by atoms with Gasteiger partial charge in [0.1, 0.15) is 11.1 Å². The number of hydrogen-bond acceptors (Lipinski definition) is 5. The lowest BCUT2D eigenvalue weighted by molar-refractivity contribution is 0.102. The molecule has 0 saturated heterocycles. The molecule has 0 aliphatic carbocycles. The van der Waals surface area contributed by atoms with Crippen LogP contribution < -0.4 is 15.7 Å². The molecule has 1 amide bonds. The predicted molar refractivity (Wildman–Crippen MR) is 122 cm³/mol. The molecule has 0 aliphatic heterocycles. The molecular formula is C24H21N3O4S. The number of carbonyl (C=O) groups excluding carboxylic acids is 1. The largest absolute Gasteiger partial charge is 0.436 e. The van der Waals surface area contributed by atoms with Crippen LogP contribution in [0.15, 0.2) is 93.3 Å². The molecular weight excluding hydrogens is 426 g/mol. The lowest BCUT2D eigenvalue weighted by Crippen LogP contribution is -2.27. The van der Waals surface area contributed by atoms with E-state index in [0.29, 0.717) is 16.7 Å². The summed E-state index contributed by atoms with van der Waals surface area (Å²) in [5.74, 6) is -0.467. The number of sulfonamides is 1. The van der Waals surface area contributed by atoms with Gasteiger partial charge in [0.2, 0.25) is 5.55 Å². The molecule has 2 N–H and O–H groups in total. The van der Waals surface area contributed by atoms with Crippen molar-refractivity contribution in [2.24, 2.45) is 5.10 Å². The van der Waals surface area contributed by atoms with Gasteiger partial charge in [-0.1, -0.05) is 48.5 Å². The third-order valence-electron chi connectivity index (χ3n) is 5.07. The fourth-order valence-corrected chi connectivity index (χ4v) is 3.97. The van der Waals surface area contributed by atoms with E-state index in [1.165, 1.54) is 12.1 Å². The number of amides is 1. The zero-order valence-electron chi connectivity index (χ0n) is 17.5. The SMILES string of the molecule is Cc1cccc(NC(=O)c2cc3ccccc3oc2=NNS(=O)(=O)c2ccccc2)c1C. The van der Waals surface area contributed by atoms with E-state index in [9.17, 15) is 13.2 Å². The first kappa shape index (κ1) is 21.3. The molecule has 1 heterocycles. The maximum absolute atomic E-state index is 13.1. The average molecular weight is 448 g/mol. The molecule has 3 aromatic carbocycles. The van der Waals surface area contributed by atoms with Crippen LogP contribution in [0.5, 0.6) is 0 Å². The summed E-state index contributed by atoms with van der Waals surface area (Å²) < 4.78 is 30.9. The number of nitrogens with one attached hydrogen (secondary N) is 2. The summed E-state index contributed by atoms with van der Waals surface area (Å²) in [5, 5.41) is 7.49. The molecule has 0 saturated carbocycles. The second-order valence-corrected chi connectivity index (χ2v) is 8.89. The summed E-state index contributed by atoms with van der Waals surface area (Å²) in [6.07, 6.45) is 0. The molecule has 0 atom stereocenters. The monoisotopic (exact) mass is 447 g/mol. The van der Waals surface area contributed by atoms with E-state index in [2.05, 4.69) is 15.2 Å². The van der Waals surface area contributed by atoms with Gasteiger partial charge in [-0.3, -0.25) is 4.79 Å². The van der Waals surface area contributed by atoms with E-state index in [0.717, 1.165) is 11.1 Å². The van der Waals surface area contributed by atoms with Crippen molar-refractivity contribution in [2.75, 3.05) is 5.32 Å². The first-order valence-corrected chi connectivity index (χ1v) is 11.3. The maximum Gasteiger partial charge on any atom is 0.276 e. The Labute approximate surface area is 185 Å². The Bertz CT molecular complexity index is 1480. The summed E-state index contributed by atoms with van der Waals surface area (Å²) in [6.45, 7) is 3.87. The van der Waals surface area contributed by atoms with Gasteiger partial charge in [0.25, 0.3) is 15.9 Å². The second-order valence-electron chi connectivity index (χ2n) is 7.22. The van der Waals surface area contributed by atoms with Gasteiger partial charge in [0, 0.05) is 11.1 Å². The van der Waals surface area contributed by atoms with Crippen molar-refractivity contribution in [1.29, 1.82) is 0 Å². The number of fused-ring (bicyclic) bond motifs is 1. The van der Waals surface area contributed by atoms with E-state index in [-0.39, 0.29) is 16.0 Å². The van der Waals surface area contributed by atoms with Crippen LogP contribution in [0.2, 0.25) is 0 Å². The van der Waals surface area contributed by atoms with Crippen LogP contribution in [0.25, 0.3) is 11.0 Å². The van der Waals surface area contributed by atoms with Gasteiger partial charge in [-0.15, -0.1) is 5.10 Å². The third kappa shape index (κ3) is 4.40. The van der Waals surface area contributed by atoms with Crippen molar-refractivity contribution in [1.82, 2.24) is 4.83 Å². The number of nitrogens with zero attached hydrogens (tertiary/aromatic N) is 1. The predicted octanol–water partition coefficient (Wildman–Crippen LogP) is 4.10. The highest BCUT2D eigenvalue weighted by Gasteiger charge is 2.16. The summed E-state index contributed by atoms with van der Waals surface area (Å²) in [7, 11) is -3.93. The lowest BCUT2D eigenvalue weighted by atomic mass is 10.1. The van der Waals surface area contributed by atoms with Gasteiger partial charge >= 0.3 is 0 Å². The molecule has 162 valence electrons. The molecule has 0 bridgehead atoms. The molecule has 0 fully saturated rings. The van der Waals surface area contributed by atoms with Crippen LogP contribution >= 0.6 is 0 Å². The zero-order chi connectivity index (χ0) is 22.7. The molecule has 0 aliphatic rings. The quantitative estimate of drug-likeness (QED) is 0.450. The molecule has 32 heavy (non-hydrogen) atoms. The van der Waals surface area contributed by atoms with Crippen LogP contribution in [0, 0.1) is 13.8 Å². The van der Waals surface area contributed by atoms with Crippen LogP contribution in [-0.2, 0) is 10.0 Å². The fourth-order valence-electron chi connectivity index (χ4n) is 3.14. The topological polar surface area (TPSA) is 101 Å². The van der Waals surface area contributed by atoms with E-state index in [1.54, 1.807) is 48.5 Å². The molecule has 1 aromatic heterocycles. The van der Waals surface area contributed by atoms with Crippen molar-refractivity contribution in [3.8, 4) is 0 Å². The van der Waals surface area contributed by atoms with Crippen molar-refractivity contribution in [3.63, 3.8) is 0 Å². The molecule has 0 unspecified atom stereocenters. The van der Waals surface area contributed by atoms with Crippen LogP contribution in [0.3, 0.4) is 0 Å². The highest BCUT2D eigenvalue weighted by molar-refractivity contribution is 7.89. The second kappa shape index (κ2) is 8.68. The number of carbonyl (C=O) groups is 1. The molecule has 7 nitrogen and oxygen atoms in total. The smallest absolute Gasteiger partial charge is 0.276 e.